The molecule has 0 aliphatic carbocycles. The molecule has 0 unspecified atom stereocenters. The molecule has 5 nitrogen and oxygen atoms in total. The summed E-state index contributed by atoms with van der Waals surface area (Å²) in [5.41, 5.74) is 6.50. The Kier molecular flexibility index (Phi) is 4.00. The van der Waals surface area contributed by atoms with Gasteiger partial charge in [-0.2, -0.15) is 0 Å². The largest absolute Gasteiger partial charge is 0.384 e. The van der Waals surface area contributed by atoms with Crippen molar-refractivity contribution in [2.45, 2.75) is 6.42 Å². The van der Waals surface area contributed by atoms with Gasteiger partial charge in [0.2, 0.25) is 0 Å². The number of anilines is 1. The van der Waals surface area contributed by atoms with Crippen molar-refractivity contribution in [2.24, 2.45) is 0 Å². The number of piperazine rings is 1. The number of hydrogen-bond acceptors (Lipinski definition) is 5. The average molecular weight is 274 g/mol. The van der Waals surface area contributed by atoms with Crippen molar-refractivity contribution in [3.8, 4) is 0 Å². The van der Waals surface area contributed by atoms with Crippen LogP contribution in [0.4, 0.5) is 5.69 Å². The molecular weight excluding hydrogens is 252 g/mol. The summed E-state index contributed by atoms with van der Waals surface area (Å²) in [6.07, 6.45) is 1.02. The summed E-state index contributed by atoms with van der Waals surface area (Å²) in [5, 5.41) is 5.46. The molecule has 1 fully saturated rings. The van der Waals surface area contributed by atoms with Gasteiger partial charge in [0.25, 0.3) is 0 Å². The van der Waals surface area contributed by atoms with Crippen LogP contribution in [-0.4, -0.2) is 62.0 Å². The van der Waals surface area contributed by atoms with Crippen LogP contribution >= 0.6 is 0 Å². The second-order valence-corrected chi connectivity index (χ2v) is 5.60. The Bertz CT molecular complexity index is 495. The number of hydrazine groups is 1. The van der Waals surface area contributed by atoms with E-state index in [0.717, 1.165) is 44.7 Å². The number of carbonyl (C=O) groups excluding carboxylic acids is 1. The molecule has 1 aromatic rings. The van der Waals surface area contributed by atoms with Gasteiger partial charge in [-0.1, -0.05) is 0 Å². The van der Waals surface area contributed by atoms with Crippen LogP contribution in [0.15, 0.2) is 18.2 Å². The molecule has 0 spiro atoms. The number of nitrogens with one attached hydrogen (secondary N) is 2. The normalized spacial score (nSPS) is 19.6. The molecule has 2 heterocycles. The third-order valence-corrected chi connectivity index (χ3v) is 4.10. The SMILES string of the molecule is CN1CCN(NCC(=O)c2ccc3c(c2)CCN3)CC1. The Morgan fingerprint density at radius 3 is 2.90 bits per heavy atom. The summed E-state index contributed by atoms with van der Waals surface area (Å²) in [5.74, 6) is 0.165. The van der Waals surface area contributed by atoms with Gasteiger partial charge in [-0.3, -0.25) is 4.79 Å². The molecule has 1 saturated heterocycles. The average Bonchev–Trinajstić information content (AvgIpc) is 2.93. The van der Waals surface area contributed by atoms with Gasteiger partial charge in [0.05, 0.1) is 6.54 Å². The number of fused-ring (bicyclic) bond motifs is 1. The van der Waals surface area contributed by atoms with E-state index in [2.05, 4.69) is 27.7 Å². The zero-order valence-electron chi connectivity index (χ0n) is 12.0. The fourth-order valence-corrected chi connectivity index (χ4v) is 2.73. The first-order valence-electron chi connectivity index (χ1n) is 7.29. The second-order valence-electron chi connectivity index (χ2n) is 5.60. The number of rotatable bonds is 4. The first-order chi connectivity index (χ1) is 9.72. The van der Waals surface area contributed by atoms with Gasteiger partial charge >= 0.3 is 0 Å². The Morgan fingerprint density at radius 2 is 2.10 bits per heavy atom. The Morgan fingerprint density at radius 1 is 1.30 bits per heavy atom. The zero-order valence-corrected chi connectivity index (χ0v) is 12.0. The van der Waals surface area contributed by atoms with Crippen LogP contribution in [0.3, 0.4) is 0 Å². The lowest BCUT2D eigenvalue weighted by atomic mass is 10.1. The highest BCUT2D eigenvalue weighted by molar-refractivity contribution is 5.98. The third kappa shape index (κ3) is 3.00. The first-order valence-corrected chi connectivity index (χ1v) is 7.29. The molecule has 1 aromatic carbocycles. The highest BCUT2D eigenvalue weighted by atomic mass is 16.1. The van der Waals surface area contributed by atoms with Crippen molar-refractivity contribution in [3.63, 3.8) is 0 Å². The van der Waals surface area contributed by atoms with Crippen LogP contribution in [0, 0.1) is 0 Å². The van der Waals surface area contributed by atoms with E-state index in [1.54, 1.807) is 0 Å². The second kappa shape index (κ2) is 5.91. The third-order valence-electron chi connectivity index (χ3n) is 4.10. The van der Waals surface area contributed by atoms with Crippen molar-refractivity contribution in [3.05, 3.63) is 29.3 Å². The Labute approximate surface area is 119 Å². The minimum Gasteiger partial charge on any atom is -0.384 e. The highest BCUT2D eigenvalue weighted by Crippen LogP contribution is 2.23. The number of carbonyl (C=O) groups is 1. The standard InChI is InChI=1S/C15H22N4O/c1-18-6-8-19(9-7-18)17-11-15(20)13-2-3-14-12(10-13)4-5-16-14/h2-3,10,16-17H,4-9,11H2,1H3. The summed E-state index contributed by atoms with van der Waals surface area (Å²) < 4.78 is 0. The van der Waals surface area contributed by atoms with Gasteiger partial charge < -0.3 is 10.2 Å². The number of benzene rings is 1. The van der Waals surface area contributed by atoms with Crippen LogP contribution in [0.2, 0.25) is 0 Å². The van der Waals surface area contributed by atoms with Gasteiger partial charge in [-0.05, 0) is 37.2 Å². The predicted molar refractivity (Wildman–Crippen MR) is 80.0 cm³/mol. The molecule has 3 rings (SSSR count). The fraction of sp³-hybridized carbons (Fsp3) is 0.533. The van der Waals surface area contributed by atoms with E-state index < -0.39 is 0 Å². The van der Waals surface area contributed by atoms with Crippen LogP contribution in [0.1, 0.15) is 15.9 Å². The molecule has 0 bridgehead atoms. The quantitative estimate of drug-likeness (QED) is 0.787. The molecule has 2 N–H and O–H groups in total. The molecule has 20 heavy (non-hydrogen) atoms. The van der Waals surface area contributed by atoms with Crippen molar-refractivity contribution >= 4 is 11.5 Å². The monoisotopic (exact) mass is 274 g/mol. The van der Waals surface area contributed by atoms with E-state index in [9.17, 15) is 4.79 Å². The summed E-state index contributed by atoms with van der Waals surface area (Å²) >= 11 is 0. The minimum absolute atomic E-state index is 0.165. The Balaban J connectivity index is 1.54. The van der Waals surface area contributed by atoms with E-state index in [0.29, 0.717) is 6.54 Å². The van der Waals surface area contributed by atoms with E-state index in [4.69, 9.17) is 0 Å². The number of likely N-dealkylation sites (N-methyl/N-ethyl adjacent to an activating group) is 1. The maximum Gasteiger partial charge on any atom is 0.178 e. The molecule has 0 saturated carbocycles. The lowest BCUT2D eigenvalue weighted by Crippen LogP contribution is -2.51. The molecule has 0 atom stereocenters. The topological polar surface area (TPSA) is 47.6 Å². The first kappa shape index (κ1) is 13.5. The van der Waals surface area contributed by atoms with Crippen LogP contribution in [-0.2, 0) is 6.42 Å². The van der Waals surface area contributed by atoms with Gasteiger partial charge in [-0.15, -0.1) is 0 Å². The van der Waals surface area contributed by atoms with Crippen molar-refractivity contribution < 1.29 is 4.79 Å². The lowest BCUT2D eigenvalue weighted by Gasteiger charge is -2.32. The molecule has 0 aromatic heterocycles. The van der Waals surface area contributed by atoms with Gasteiger partial charge in [-0.25, -0.2) is 10.4 Å². The van der Waals surface area contributed by atoms with Crippen molar-refractivity contribution in [1.29, 1.82) is 0 Å². The number of hydrogen-bond donors (Lipinski definition) is 2. The zero-order chi connectivity index (χ0) is 13.9. The number of Topliss-reactive ketones (excluding diaryl/α,β-unsaturated/α-hetero) is 1. The predicted octanol–water partition coefficient (Wildman–Crippen LogP) is 0.589. The fourth-order valence-electron chi connectivity index (χ4n) is 2.73. The maximum atomic E-state index is 12.2. The highest BCUT2D eigenvalue weighted by Gasteiger charge is 2.16. The summed E-state index contributed by atoms with van der Waals surface area (Å²) in [7, 11) is 2.13. The summed E-state index contributed by atoms with van der Waals surface area (Å²) in [6, 6.07) is 5.97. The molecule has 2 aliphatic rings. The molecule has 0 radical (unpaired) electrons. The molecular formula is C15H22N4O. The van der Waals surface area contributed by atoms with Crippen LogP contribution < -0.4 is 10.7 Å². The van der Waals surface area contributed by atoms with Gasteiger partial charge in [0, 0.05) is 44.0 Å². The summed E-state index contributed by atoms with van der Waals surface area (Å²) in [4.78, 5) is 14.5. The van der Waals surface area contributed by atoms with Crippen molar-refractivity contribution in [1.82, 2.24) is 15.3 Å². The molecule has 2 aliphatic heterocycles. The summed E-state index contributed by atoms with van der Waals surface area (Å²) in [6.45, 7) is 5.40. The van der Waals surface area contributed by atoms with Crippen LogP contribution in [0.5, 0.6) is 0 Å². The Hall–Kier alpha value is -1.43. The number of ketones is 1. The van der Waals surface area contributed by atoms with E-state index >= 15 is 0 Å². The van der Waals surface area contributed by atoms with E-state index in [1.165, 1.54) is 11.3 Å². The number of nitrogens with zero attached hydrogens (tertiary/aromatic N) is 2. The maximum absolute atomic E-state index is 12.2. The molecule has 108 valence electrons. The van der Waals surface area contributed by atoms with Crippen molar-refractivity contribution in [2.75, 3.05) is 51.6 Å². The van der Waals surface area contributed by atoms with Gasteiger partial charge in [0.1, 0.15) is 0 Å². The smallest absolute Gasteiger partial charge is 0.178 e. The molecule has 5 heteroatoms. The minimum atomic E-state index is 0.165. The van der Waals surface area contributed by atoms with Crippen LogP contribution in [0.25, 0.3) is 0 Å². The van der Waals surface area contributed by atoms with E-state index in [-0.39, 0.29) is 5.78 Å². The van der Waals surface area contributed by atoms with Gasteiger partial charge in [0.15, 0.2) is 5.78 Å². The lowest BCUT2D eigenvalue weighted by molar-refractivity contribution is 0.0838. The molecule has 0 amide bonds. The van der Waals surface area contributed by atoms with E-state index in [1.807, 2.05) is 18.2 Å².